The van der Waals surface area contributed by atoms with Gasteiger partial charge in [-0.3, -0.25) is 4.79 Å². The Bertz CT molecular complexity index is 626. The van der Waals surface area contributed by atoms with Gasteiger partial charge in [0.1, 0.15) is 0 Å². The first-order valence-electron chi connectivity index (χ1n) is 7.16. The van der Waals surface area contributed by atoms with Crippen LogP contribution in [0.2, 0.25) is 0 Å². The highest BCUT2D eigenvalue weighted by Gasteiger charge is 2.40. The Morgan fingerprint density at radius 3 is 2.63 bits per heavy atom. The minimum atomic E-state index is 0.258. The second-order valence-electron chi connectivity index (χ2n) is 5.71. The number of benzene rings is 1. The zero-order valence-electron chi connectivity index (χ0n) is 10.9. The van der Waals surface area contributed by atoms with Gasteiger partial charge in [-0.2, -0.15) is 0 Å². The van der Waals surface area contributed by atoms with E-state index in [9.17, 15) is 4.79 Å². The Hall–Kier alpha value is -1.83. The average Bonchev–Trinajstić information content (AvgIpc) is 3.01. The summed E-state index contributed by atoms with van der Waals surface area (Å²) in [5, 5.41) is 0. The van der Waals surface area contributed by atoms with E-state index < -0.39 is 0 Å². The SMILES string of the molecule is O=C1c2cc(-c3ccccc3)cn2C2CCCCC12. The summed E-state index contributed by atoms with van der Waals surface area (Å²) in [6.45, 7) is 0. The maximum Gasteiger partial charge on any atom is 0.184 e. The van der Waals surface area contributed by atoms with Crippen LogP contribution >= 0.6 is 0 Å². The third-order valence-corrected chi connectivity index (χ3v) is 4.63. The molecule has 2 heterocycles. The maximum atomic E-state index is 12.5. The summed E-state index contributed by atoms with van der Waals surface area (Å²) < 4.78 is 2.24. The van der Waals surface area contributed by atoms with E-state index in [4.69, 9.17) is 0 Å². The Kier molecular flexibility index (Phi) is 2.37. The first kappa shape index (κ1) is 11.0. The molecule has 2 aliphatic rings. The van der Waals surface area contributed by atoms with Gasteiger partial charge in [0.15, 0.2) is 5.78 Å². The van der Waals surface area contributed by atoms with Gasteiger partial charge in [-0.25, -0.2) is 0 Å². The molecule has 2 nitrogen and oxygen atoms in total. The van der Waals surface area contributed by atoms with Gasteiger partial charge in [0.05, 0.1) is 5.69 Å². The maximum absolute atomic E-state index is 12.5. The molecule has 0 saturated heterocycles. The number of Topliss-reactive ketones (excluding diaryl/α,β-unsaturated/α-hetero) is 1. The average molecular weight is 251 g/mol. The van der Waals surface area contributed by atoms with Crippen LogP contribution in [0.3, 0.4) is 0 Å². The van der Waals surface area contributed by atoms with E-state index in [0.29, 0.717) is 11.8 Å². The van der Waals surface area contributed by atoms with Crippen molar-refractivity contribution in [1.29, 1.82) is 0 Å². The van der Waals surface area contributed by atoms with Crippen molar-refractivity contribution in [2.45, 2.75) is 31.7 Å². The minimum absolute atomic E-state index is 0.258. The van der Waals surface area contributed by atoms with Crippen LogP contribution in [-0.2, 0) is 0 Å². The van der Waals surface area contributed by atoms with E-state index in [2.05, 4.69) is 29.0 Å². The second kappa shape index (κ2) is 4.09. The van der Waals surface area contributed by atoms with Crippen molar-refractivity contribution in [3.8, 4) is 11.1 Å². The number of nitrogens with zero attached hydrogens (tertiary/aromatic N) is 1. The van der Waals surface area contributed by atoms with Gasteiger partial charge in [-0.1, -0.05) is 43.2 Å². The van der Waals surface area contributed by atoms with Gasteiger partial charge < -0.3 is 4.57 Å². The zero-order valence-corrected chi connectivity index (χ0v) is 10.9. The Balaban J connectivity index is 1.78. The van der Waals surface area contributed by atoms with Crippen molar-refractivity contribution in [3.05, 3.63) is 48.3 Å². The molecule has 96 valence electrons. The van der Waals surface area contributed by atoms with Gasteiger partial charge >= 0.3 is 0 Å². The molecular formula is C17H17NO. The second-order valence-corrected chi connectivity index (χ2v) is 5.71. The Morgan fingerprint density at radius 2 is 1.79 bits per heavy atom. The van der Waals surface area contributed by atoms with E-state index in [1.165, 1.54) is 24.0 Å². The number of carbonyl (C=O) groups is 1. The number of fused-ring (bicyclic) bond motifs is 3. The number of hydrogen-bond donors (Lipinski definition) is 0. The molecule has 4 rings (SSSR count). The van der Waals surface area contributed by atoms with Crippen LogP contribution in [0.15, 0.2) is 42.6 Å². The number of ketones is 1. The highest BCUT2D eigenvalue weighted by Crippen LogP contribution is 2.43. The summed E-state index contributed by atoms with van der Waals surface area (Å²) in [6, 6.07) is 12.8. The molecule has 0 amide bonds. The molecule has 1 saturated carbocycles. The lowest BCUT2D eigenvalue weighted by Gasteiger charge is -2.25. The van der Waals surface area contributed by atoms with E-state index in [1.54, 1.807) is 0 Å². The van der Waals surface area contributed by atoms with Crippen LogP contribution in [0.5, 0.6) is 0 Å². The Labute approximate surface area is 113 Å². The molecule has 2 atom stereocenters. The standard InChI is InChI=1S/C17H17NO/c19-17-14-8-4-5-9-15(14)18-11-13(10-16(17)18)12-6-2-1-3-7-12/h1-3,6-7,10-11,14-15H,4-5,8-9H2. The van der Waals surface area contributed by atoms with Crippen LogP contribution in [0, 0.1) is 5.92 Å². The van der Waals surface area contributed by atoms with Gasteiger partial charge in [0, 0.05) is 23.7 Å². The highest BCUT2D eigenvalue weighted by atomic mass is 16.1. The minimum Gasteiger partial charge on any atom is -0.341 e. The molecule has 1 aromatic heterocycles. The molecule has 19 heavy (non-hydrogen) atoms. The fourth-order valence-corrected chi connectivity index (χ4v) is 3.68. The van der Waals surface area contributed by atoms with Crippen LogP contribution in [0.1, 0.15) is 42.2 Å². The van der Waals surface area contributed by atoms with Crippen LogP contribution in [0.4, 0.5) is 0 Å². The van der Waals surface area contributed by atoms with Gasteiger partial charge in [-0.15, -0.1) is 0 Å². The zero-order chi connectivity index (χ0) is 12.8. The Morgan fingerprint density at radius 1 is 1.00 bits per heavy atom. The lowest BCUT2D eigenvalue weighted by molar-refractivity contribution is 0.0891. The quantitative estimate of drug-likeness (QED) is 0.748. The first-order valence-corrected chi connectivity index (χ1v) is 7.16. The lowest BCUT2D eigenvalue weighted by atomic mass is 9.83. The molecule has 2 heteroatoms. The fraction of sp³-hybridized carbons (Fsp3) is 0.353. The molecule has 2 aromatic rings. The largest absolute Gasteiger partial charge is 0.341 e. The normalized spacial score (nSPS) is 25.2. The number of carbonyl (C=O) groups excluding carboxylic acids is 1. The van der Waals surface area contributed by atoms with E-state index in [0.717, 1.165) is 18.5 Å². The molecule has 0 spiro atoms. The van der Waals surface area contributed by atoms with Crippen molar-refractivity contribution in [2.24, 2.45) is 5.92 Å². The number of aromatic nitrogens is 1. The number of hydrogen-bond acceptors (Lipinski definition) is 1. The fourth-order valence-electron chi connectivity index (χ4n) is 3.68. The van der Waals surface area contributed by atoms with Crippen LogP contribution < -0.4 is 0 Å². The molecular weight excluding hydrogens is 234 g/mol. The summed E-state index contributed by atoms with van der Waals surface area (Å²) in [4.78, 5) is 12.5. The molecule has 1 aromatic carbocycles. The van der Waals surface area contributed by atoms with Gasteiger partial charge in [0.2, 0.25) is 0 Å². The van der Waals surface area contributed by atoms with E-state index in [1.807, 2.05) is 18.2 Å². The van der Waals surface area contributed by atoms with Crippen molar-refractivity contribution in [3.63, 3.8) is 0 Å². The number of rotatable bonds is 1. The predicted molar refractivity (Wildman–Crippen MR) is 75.2 cm³/mol. The monoisotopic (exact) mass is 251 g/mol. The summed E-state index contributed by atoms with van der Waals surface area (Å²) in [5.74, 6) is 0.625. The molecule has 1 fully saturated rings. The topological polar surface area (TPSA) is 22.0 Å². The molecule has 0 N–H and O–H groups in total. The van der Waals surface area contributed by atoms with E-state index in [-0.39, 0.29) is 5.92 Å². The molecule has 1 aliphatic carbocycles. The highest BCUT2D eigenvalue weighted by molar-refractivity contribution is 6.00. The third-order valence-electron chi connectivity index (χ3n) is 4.63. The lowest BCUT2D eigenvalue weighted by Crippen LogP contribution is -2.19. The van der Waals surface area contributed by atoms with Crippen molar-refractivity contribution < 1.29 is 4.79 Å². The van der Waals surface area contributed by atoms with Crippen LogP contribution in [0.25, 0.3) is 11.1 Å². The predicted octanol–water partition coefficient (Wildman–Crippen LogP) is 4.08. The summed E-state index contributed by atoms with van der Waals surface area (Å²) in [7, 11) is 0. The van der Waals surface area contributed by atoms with Crippen molar-refractivity contribution >= 4 is 5.78 Å². The molecule has 0 bridgehead atoms. The molecule has 2 unspecified atom stereocenters. The van der Waals surface area contributed by atoms with Crippen LogP contribution in [-0.4, -0.2) is 10.4 Å². The summed E-state index contributed by atoms with van der Waals surface area (Å²) >= 11 is 0. The summed E-state index contributed by atoms with van der Waals surface area (Å²) in [5.41, 5.74) is 3.30. The smallest absolute Gasteiger partial charge is 0.184 e. The summed E-state index contributed by atoms with van der Waals surface area (Å²) in [6.07, 6.45) is 6.88. The van der Waals surface area contributed by atoms with Crippen molar-refractivity contribution in [2.75, 3.05) is 0 Å². The van der Waals surface area contributed by atoms with Gasteiger partial charge in [-0.05, 0) is 24.5 Å². The van der Waals surface area contributed by atoms with Gasteiger partial charge in [0.25, 0.3) is 0 Å². The third kappa shape index (κ3) is 1.59. The van der Waals surface area contributed by atoms with Crippen molar-refractivity contribution in [1.82, 2.24) is 4.57 Å². The molecule has 1 aliphatic heterocycles. The first-order chi connectivity index (χ1) is 9.34. The molecule has 0 radical (unpaired) electrons. The van der Waals surface area contributed by atoms with E-state index >= 15 is 0 Å².